The summed E-state index contributed by atoms with van der Waals surface area (Å²) in [5.41, 5.74) is 0. The van der Waals surface area contributed by atoms with Crippen molar-refractivity contribution in [2.24, 2.45) is 0 Å². The number of quaternary nitrogens is 1. The van der Waals surface area contributed by atoms with E-state index in [-0.39, 0.29) is 19.1 Å². The molecule has 1 amide bonds. The molecule has 0 radical (unpaired) electrons. The van der Waals surface area contributed by atoms with Crippen LogP contribution in [0.3, 0.4) is 0 Å². The first-order valence-corrected chi connectivity index (χ1v) is 42.0. The number of phosphoric acid groups is 1. The Morgan fingerprint density at radius 2 is 0.637 bits per heavy atom. The normalized spacial score (nSPS) is 13.7. The van der Waals surface area contributed by atoms with Crippen molar-refractivity contribution in [1.29, 1.82) is 0 Å². The molecular formula is C82H159N2O6P. The molecule has 538 valence electrons. The first kappa shape index (κ1) is 89.5. The number of hydrogen-bond acceptors (Lipinski definition) is 6. The van der Waals surface area contributed by atoms with Crippen molar-refractivity contribution >= 4 is 13.7 Å². The van der Waals surface area contributed by atoms with Crippen LogP contribution in [-0.2, 0) is 18.4 Å². The third-order valence-electron chi connectivity index (χ3n) is 18.8. The molecule has 0 spiro atoms. The summed E-state index contributed by atoms with van der Waals surface area (Å²) in [5.74, 6) is -0.188. The highest BCUT2D eigenvalue weighted by Gasteiger charge is 2.23. The second kappa shape index (κ2) is 72.7. The molecule has 3 unspecified atom stereocenters. The Hall–Kier alpha value is -1.54. The van der Waals surface area contributed by atoms with Crippen molar-refractivity contribution in [3.63, 3.8) is 0 Å². The van der Waals surface area contributed by atoms with E-state index in [9.17, 15) is 19.4 Å². The molecule has 0 rings (SSSR count). The Morgan fingerprint density at radius 3 is 0.923 bits per heavy atom. The number of rotatable bonds is 76. The fourth-order valence-corrected chi connectivity index (χ4v) is 13.2. The summed E-state index contributed by atoms with van der Waals surface area (Å²) in [4.78, 5) is 25.7. The van der Waals surface area contributed by atoms with Crippen LogP contribution in [0.2, 0.25) is 0 Å². The van der Waals surface area contributed by atoms with Crippen LogP contribution in [-0.4, -0.2) is 68.5 Å². The van der Waals surface area contributed by atoms with Crippen LogP contribution in [0.25, 0.3) is 0 Å². The summed E-state index contributed by atoms with van der Waals surface area (Å²) in [6.45, 7) is 4.70. The maximum Gasteiger partial charge on any atom is 0.268 e. The van der Waals surface area contributed by atoms with Gasteiger partial charge in [0.2, 0.25) is 5.91 Å². The van der Waals surface area contributed by atoms with Gasteiger partial charge in [0.15, 0.2) is 0 Å². The summed E-state index contributed by atoms with van der Waals surface area (Å²) < 4.78 is 23.5. The van der Waals surface area contributed by atoms with E-state index >= 15 is 0 Å². The predicted octanol–water partition coefficient (Wildman–Crippen LogP) is 25.9. The summed E-state index contributed by atoms with van der Waals surface area (Å²) in [6, 6.07) is -0.887. The van der Waals surface area contributed by atoms with Crippen molar-refractivity contribution in [1.82, 2.24) is 5.32 Å². The zero-order valence-corrected chi connectivity index (χ0v) is 62.7. The van der Waals surface area contributed by atoms with E-state index in [1.165, 1.54) is 347 Å². The number of amides is 1. The second-order valence-electron chi connectivity index (χ2n) is 29.1. The Balaban J connectivity index is 3.91. The van der Waals surface area contributed by atoms with Crippen molar-refractivity contribution in [2.75, 3.05) is 40.9 Å². The van der Waals surface area contributed by atoms with Gasteiger partial charge >= 0.3 is 0 Å². The Morgan fingerprint density at radius 1 is 0.385 bits per heavy atom. The van der Waals surface area contributed by atoms with E-state index in [0.29, 0.717) is 17.4 Å². The number of likely N-dealkylation sites (N-methyl/N-ethyl adjacent to an activating group) is 1. The Labute approximate surface area is 569 Å². The molecule has 0 saturated carbocycles. The van der Waals surface area contributed by atoms with Gasteiger partial charge in [-0.15, -0.1) is 0 Å². The van der Waals surface area contributed by atoms with Gasteiger partial charge in [0.1, 0.15) is 13.2 Å². The van der Waals surface area contributed by atoms with E-state index in [4.69, 9.17) is 9.05 Å². The molecule has 0 aromatic rings. The molecule has 2 N–H and O–H groups in total. The van der Waals surface area contributed by atoms with Crippen LogP contribution in [0.15, 0.2) is 48.6 Å². The zero-order chi connectivity index (χ0) is 66.2. The van der Waals surface area contributed by atoms with E-state index in [1.807, 2.05) is 27.2 Å². The minimum Gasteiger partial charge on any atom is -0.756 e. The van der Waals surface area contributed by atoms with E-state index in [2.05, 4.69) is 55.6 Å². The zero-order valence-electron chi connectivity index (χ0n) is 61.8. The standard InChI is InChI=1S/C82H159N2O6P/c1-6-8-10-12-14-16-18-20-22-24-26-28-30-32-34-36-37-38-39-40-41-42-43-44-45-46-47-48-50-52-54-56-58-60-62-64-66-68-70-72-74-76-82(86)83-80(79-90-91(87,88)89-78-77-84(3,4)5)81(85)75-73-71-69-67-65-63-61-59-57-55-53-51-49-35-33-31-29-27-25-23-21-19-17-15-13-11-9-7-2/h18,20,24,26,30,32,73,75,80-81,85H,6-17,19,21-23,25,27-29,31,33-72,74,76-79H2,1-5H3,(H-,83,86,87,88)/b20-18-,26-24-,32-30-,75-73+. The fraction of sp³-hybridized carbons (Fsp3) is 0.890. The third-order valence-corrected chi connectivity index (χ3v) is 19.7. The summed E-state index contributed by atoms with van der Waals surface area (Å²) in [7, 11) is 1.28. The van der Waals surface area contributed by atoms with Crippen molar-refractivity contribution in [3.8, 4) is 0 Å². The van der Waals surface area contributed by atoms with Crippen molar-refractivity contribution in [2.45, 2.75) is 431 Å². The van der Waals surface area contributed by atoms with Crippen LogP contribution in [0.1, 0.15) is 418 Å². The van der Waals surface area contributed by atoms with E-state index < -0.39 is 20.0 Å². The quantitative estimate of drug-likeness (QED) is 0.0272. The number of aliphatic hydroxyl groups excluding tert-OH is 1. The predicted molar refractivity (Wildman–Crippen MR) is 399 cm³/mol. The van der Waals surface area contributed by atoms with Gasteiger partial charge < -0.3 is 28.8 Å². The number of unbranched alkanes of at least 4 members (excludes halogenated alkanes) is 57. The first-order valence-electron chi connectivity index (χ1n) is 40.5. The van der Waals surface area contributed by atoms with Gasteiger partial charge in [0.05, 0.1) is 39.9 Å². The molecular weight excluding hydrogens is 1140 g/mol. The number of nitrogens with zero attached hydrogens (tertiary/aromatic N) is 1. The second-order valence-corrected chi connectivity index (χ2v) is 30.5. The lowest BCUT2D eigenvalue weighted by atomic mass is 10.0. The highest BCUT2D eigenvalue weighted by atomic mass is 31.2. The van der Waals surface area contributed by atoms with Gasteiger partial charge in [-0.2, -0.15) is 0 Å². The number of carbonyl (C=O) groups excluding carboxylic acids is 1. The smallest absolute Gasteiger partial charge is 0.268 e. The van der Waals surface area contributed by atoms with Crippen LogP contribution in [0.4, 0.5) is 0 Å². The minimum atomic E-state index is -4.61. The van der Waals surface area contributed by atoms with Crippen LogP contribution in [0, 0.1) is 0 Å². The first-order chi connectivity index (χ1) is 44.5. The molecule has 91 heavy (non-hydrogen) atoms. The molecule has 0 aliphatic carbocycles. The lowest BCUT2D eigenvalue weighted by Crippen LogP contribution is -2.45. The molecule has 0 aromatic heterocycles. The SMILES string of the molecule is CCCCCCC/C=C\C/C=C\C/C=C\CCCCCCCCCCCCCCCCCCCCCCCCCCCCC(=O)NC(COP(=O)([O-])OCC[N+](C)(C)C)C(O)/C=C/CCCCCCCCCCCCCCCCCCCCCCCCCCCC. The van der Waals surface area contributed by atoms with Crippen LogP contribution >= 0.6 is 7.82 Å². The number of phosphoric ester groups is 1. The largest absolute Gasteiger partial charge is 0.756 e. The van der Waals surface area contributed by atoms with Crippen molar-refractivity contribution in [3.05, 3.63) is 48.6 Å². The van der Waals surface area contributed by atoms with Gasteiger partial charge in [-0.05, 0) is 57.8 Å². The molecule has 0 aliphatic rings. The molecule has 0 aliphatic heterocycles. The number of aliphatic hydroxyl groups is 1. The van der Waals surface area contributed by atoms with Gasteiger partial charge in [-0.3, -0.25) is 9.36 Å². The molecule has 9 heteroatoms. The van der Waals surface area contributed by atoms with Crippen LogP contribution in [0.5, 0.6) is 0 Å². The van der Waals surface area contributed by atoms with Crippen LogP contribution < -0.4 is 10.2 Å². The Kier molecular flexibility index (Phi) is 71.5. The Bertz CT molecular complexity index is 1630. The minimum absolute atomic E-state index is 0.00132. The average Bonchev–Trinajstić information content (AvgIpc) is 3.59. The van der Waals surface area contributed by atoms with Gasteiger partial charge in [-0.1, -0.05) is 403 Å². The monoisotopic (exact) mass is 1300 g/mol. The molecule has 0 saturated heterocycles. The van der Waals surface area contributed by atoms with Gasteiger partial charge in [0.25, 0.3) is 7.82 Å². The molecule has 0 aromatic carbocycles. The molecule has 0 heterocycles. The average molecular weight is 1300 g/mol. The highest BCUT2D eigenvalue weighted by Crippen LogP contribution is 2.38. The maximum atomic E-state index is 13.1. The van der Waals surface area contributed by atoms with E-state index in [0.717, 1.165) is 51.4 Å². The lowest BCUT2D eigenvalue weighted by molar-refractivity contribution is -0.870. The summed E-state index contributed by atoms with van der Waals surface area (Å²) in [6.07, 6.45) is 100.0. The fourth-order valence-electron chi connectivity index (χ4n) is 12.5. The number of hydrogen-bond donors (Lipinski definition) is 2. The van der Waals surface area contributed by atoms with Crippen molar-refractivity contribution < 1.29 is 32.9 Å². The highest BCUT2D eigenvalue weighted by molar-refractivity contribution is 7.45. The number of carbonyl (C=O) groups is 1. The third kappa shape index (κ3) is 75.7. The van der Waals surface area contributed by atoms with E-state index in [1.54, 1.807) is 6.08 Å². The number of allylic oxidation sites excluding steroid dienone is 7. The number of nitrogens with one attached hydrogen (secondary N) is 1. The molecule has 8 nitrogen and oxygen atoms in total. The lowest BCUT2D eigenvalue weighted by Gasteiger charge is -2.29. The molecule has 0 fully saturated rings. The summed E-state index contributed by atoms with van der Waals surface area (Å²) >= 11 is 0. The topological polar surface area (TPSA) is 108 Å². The molecule has 3 atom stereocenters. The van der Waals surface area contributed by atoms with Gasteiger partial charge in [0, 0.05) is 6.42 Å². The molecule has 0 bridgehead atoms. The van der Waals surface area contributed by atoms with Gasteiger partial charge in [-0.25, -0.2) is 0 Å². The summed E-state index contributed by atoms with van der Waals surface area (Å²) in [5, 5.41) is 14.0. The maximum absolute atomic E-state index is 13.1.